The number of benzene rings is 1. The summed E-state index contributed by atoms with van der Waals surface area (Å²) in [7, 11) is 0. The number of aromatic nitrogens is 1. The second-order valence-electron chi connectivity index (χ2n) is 3.43. The molecule has 1 heterocycles. The number of nitrogens with one attached hydrogen (secondary N) is 1. The maximum Gasteiger partial charge on any atom is 0.287 e. The molecule has 0 saturated carbocycles. The lowest BCUT2D eigenvalue weighted by atomic mass is 10.1. The molecule has 0 unspecified atom stereocenters. The van der Waals surface area contributed by atoms with Crippen molar-refractivity contribution in [2.24, 2.45) is 5.73 Å². The van der Waals surface area contributed by atoms with Crippen LogP contribution in [0.2, 0.25) is 0 Å². The molecule has 5 nitrogen and oxygen atoms in total. The highest BCUT2D eigenvalue weighted by atomic mass is 16.6. The van der Waals surface area contributed by atoms with Crippen LogP contribution in [-0.2, 0) is 6.54 Å². The Hall–Kier alpha value is -2.14. The highest BCUT2D eigenvalue weighted by molar-refractivity contribution is 5.62. The van der Waals surface area contributed by atoms with Crippen LogP contribution in [0, 0.1) is 10.1 Å². The SMILES string of the molecule is NCc1ccc(-c2cc([N+](=O)[O-])c[nH]2)cc1. The third-order valence-corrected chi connectivity index (χ3v) is 2.38. The smallest absolute Gasteiger partial charge is 0.287 e. The van der Waals surface area contributed by atoms with E-state index in [0.29, 0.717) is 6.54 Å². The Morgan fingerprint density at radius 2 is 2.00 bits per heavy atom. The minimum atomic E-state index is -0.422. The molecule has 0 fully saturated rings. The lowest BCUT2D eigenvalue weighted by Crippen LogP contribution is -1.95. The molecule has 1 aromatic carbocycles. The Labute approximate surface area is 92.1 Å². The molecule has 0 spiro atoms. The lowest BCUT2D eigenvalue weighted by molar-refractivity contribution is -0.384. The quantitative estimate of drug-likeness (QED) is 0.609. The molecular formula is C11H11N3O2. The molecule has 0 saturated heterocycles. The number of aromatic amines is 1. The van der Waals surface area contributed by atoms with Crippen molar-refractivity contribution >= 4 is 5.69 Å². The van der Waals surface area contributed by atoms with Crippen molar-refractivity contribution in [3.63, 3.8) is 0 Å². The monoisotopic (exact) mass is 217 g/mol. The van der Waals surface area contributed by atoms with Crippen LogP contribution in [0.5, 0.6) is 0 Å². The van der Waals surface area contributed by atoms with Gasteiger partial charge >= 0.3 is 0 Å². The predicted octanol–water partition coefficient (Wildman–Crippen LogP) is 2.05. The van der Waals surface area contributed by atoms with E-state index in [4.69, 9.17) is 5.73 Å². The summed E-state index contributed by atoms with van der Waals surface area (Å²) in [5, 5.41) is 10.5. The molecular weight excluding hydrogens is 206 g/mol. The minimum Gasteiger partial charge on any atom is -0.355 e. The fraction of sp³-hybridized carbons (Fsp3) is 0.0909. The fourth-order valence-corrected chi connectivity index (χ4v) is 1.48. The maximum absolute atomic E-state index is 10.5. The van der Waals surface area contributed by atoms with Crippen LogP contribution < -0.4 is 5.73 Å². The first-order chi connectivity index (χ1) is 7.70. The average Bonchev–Trinajstić information content (AvgIpc) is 2.78. The number of nitro groups is 1. The highest BCUT2D eigenvalue weighted by Crippen LogP contribution is 2.22. The first kappa shape index (κ1) is 10.4. The van der Waals surface area contributed by atoms with Gasteiger partial charge in [-0.05, 0) is 11.1 Å². The van der Waals surface area contributed by atoms with Gasteiger partial charge in [-0.3, -0.25) is 10.1 Å². The molecule has 0 aliphatic rings. The van der Waals surface area contributed by atoms with Crippen molar-refractivity contribution in [2.45, 2.75) is 6.54 Å². The predicted molar refractivity (Wildman–Crippen MR) is 60.8 cm³/mol. The number of nitrogens with two attached hydrogens (primary N) is 1. The van der Waals surface area contributed by atoms with Gasteiger partial charge in [-0.25, -0.2) is 0 Å². The van der Waals surface area contributed by atoms with E-state index in [1.54, 1.807) is 0 Å². The second-order valence-corrected chi connectivity index (χ2v) is 3.43. The fourth-order valence-electron chi connectivity index (χ4n) is 1.48. The molecule has 0 aliphatic heterocycles. The van der Waals surface area contributed by atoms with Gasteiger partial charge in [-0.2, -0.15) is 0 Å². The molecule has 1 aromatic heterocycles. The Bertz CT molecular complexity index is 502. The zero-order valence-electron chi connectivity index (χ0n) is 8.51. The van der Waals surface area contributed by atoms with Crippen LogP contribution in [0.3, 0.4) is 0 Å². The Balaban J connectivity index is 2.31. The van der Waals surface area contributed by atoms with Gasteiger partial charge in [0.05, 0.1) is 16.8 Å². The van der Waals surface area contributed by atoms with Crippen molar-refractivity contribution < 1.29 is 4.92 Å². The minimum absolute atomic E-state index is 0.0675. The summed E-state index contributed by atoms with van der Waals surface area (Å²) in [5.74, 6) is 0. The van der Waals surface area contributed by atoms with E-state index >= 15 is 0 Å². The summed E-state index contributed by atoms with van der Waals surface area (Å²) < 4.78 is 0. The number of hydrogen-bond acceptors (Lipinski definition) is 3. The molecule has 16 heavy (non-hydrogen) atoms. The Morgan fingerprint density at radius 3 is 2.50 bits per heavy atom. The summed E-state index contributed by atoms with van der Waals surface area (Å²) in [4.78, 5) is 13.0. The van der Waals surface area contributed by atoms with E-state index in [1.165, 1.54) is 12.3 Å². The van der Waals surface area contributed by atoms with Crippen molar-refractivity contribution in [2.75, 3.05) is 0 Å². The zero-order chi connectivity index (χ0) is 11.5. The van der Waals surface area contributed by atoms with E-state index in [1.807, 2.05) is 24.3 Å². The summed E-state index contributed by atoms with van der Waals surface area (Å²) in [6, 6.07) is 9.09. The summed E-state index contributed by atoms with van der Waals surface area (Å²) in [6.45, 7) is 0.491. The van der Waals surface area contributed by atoms with Gasteiger partial charge in [0.25, 0.3) is 5.69 Å². The van der Waals surface area contributed by atoms with Gasteiger partial charge in [0.2, 0.25) is 0 Å². The summed E-state index contributed by atoms with van der Waals surface area (Å²) in [6.07, 6.45) is 1.38. The molecule has 0 aliphatic carbocycles. The van der Waals surface area contributed by atoms with E-state index in [0.717, 1.165) is 16.8 Å². The van der Waals surface area contributed by atoms with Gasteiger partial charge < -0.3 is 10.7 Å². The van der Waals surface area contributed by atoms with Gasteiger partial charge in [0.15, 0.2) is 0 Å². The van der Waals surface area contributed by atoms with E-state index in [2.05, 4.69) is 4.98 Å². The molecule has 0 bridgehead atoms. The van der Waals surface area contributed by atoms with Crippen LogP contribution in [0.25, 0.3) is 11.3 Å². The number of H-pyrrole nitrogens is 1. The largest absolute Gasteiger partial charge is 0.355 e. The highest BCUT2D eigenvalue weighted by Gasteiger charge is 2.09. The first-order valence-electron chi connectivity index (χ1n) is 4.83. The zero-order valence-corrected chi connectivity index (χ0v) is 8.51. The third-order valence-electron chi connectivity index (χ3n) is 2.38. The second kappa shape index (κ2) is 4.16. The molecule has 5 heteroatoms. The first-order valence-corrected chi connectivity index (χ1v) is 4.83. The normalized spacial score (nSPS) is 10.3. The Morgan fingerprint density at radius 1 is 1.31 bits per heavy atom. The van der Waals surface area contributed by atoms with Crippen LogP contribution in [-0.4, -0.2) is 9.91 Å². The number of nitrogens with zero attached hydrogens (tertiary/aromatic N) is 1. The summed E-state index contributed by atoms with van der Waals surface area (Å²) >= 11 is 0. The topological polar surface area (TPSA) is 84.9 Å². The van der Waals surface area contributed by atoms with Crippen molar-refractivity contribution in [3.05, 3.63) is 52.2 Å². The van der Waals surface area contributed by atoms with Gasteiger partial charge in [-0.15, -0.1) is 0 Å². The molecule has 2 aromatic rings. The van der Waals surface area contributed by atoms with Crippen LogP contribution in [0.4, 0.5) is 5.69 Å². The van der Waals surface area contributed by atoms with Gasteiger partial charge in [-0.1, -0.05) is 24.3 Å². The number of rotatable bonds is 3. The third kappa shape index (κ3) is 1.94. The molecule has 0 radical (unpaired) electrons. The van der Waals surface area contributed by atoms with Crippen molar-refractivity contribution in [1.29, 1.82) is 0 Å². The molecule has 0 amide bonds. The van der Waals surface area contributed by atoms with Crippen LogP contribution in [0.15, 0.2) is 36.5 Å². The summed E-state index contributed by atoms with van der Waals surface area (Å²) in [5.41, 5.74) is 8.22. The van der Waals surface area contributed by atoms with Crippen LogP contribution >= 0.6 is 0 Å². The van der Waals surface area contributed by atoms with E-state index < -0.39 is 4.92 Å². The maximum atomic E-state index is 10.5. The van der Waals surface area contributed by atoms with Crippen LogP contribution in [0.1, 0.15) is 5.56 Å². The molecule has 2 rings (SSSR count). The number of hydrogen-bond donors (Lipinski definition) is 2. The van der Waals surface area contributed by atoms with Gasteiger partial charge in [0.1, 0.15) is 0 Å². The molecule has 3 N–H and O–H groups in total. The molecule has 82 valence electrons. The van der Waals surface area contributed by atoms with Crippen molar-refractivity contribution in [3.8, 4) is 11.3 Å². The molecule has 0 atom stereocenters. The van der Waals surface area contributed by atoms with Gasteiger partial charge in [0, 0.05) is 12.6 Å². The Kier molecular flexibility index (Phi) is 2.70. The van der Waals surface area contributed by atoms with Crippen molar-refractivity contribution in [1.82, 2.24) is 4.98 Å². The lowest BCUT2D eigenvalue weighted by Gasteiger charge is -1.99. The van der Waals surface area contributed by atoms with E-state index in [9.17, 15) is 10.1 Å². The standard InChI is InChI=1S/C11H11N3O2/c12-6-8-1-3-9(4-2-8)11-5-10(7-13-11)14(15)16/h1-5,7,13H,6,12H2. The average molecular weight is 217 g/mol. The van der Waals surface area contributed by atoms with E-state index in [-0.39, 0.29) is 5.69 Å².